The third kappa shape index (κ3) is 4.38. The van der Waals surface area contributed by atoms with Gasteiger partial charge in [0, 0.05) is 35.7 Å². The number of H-pyrrole nitrogens is 1. The van der Waals surface area contributed by atoms with Crippen molar-refractivity contribution < 1.29 is 9.59 Å². The largest absolute Gasteiger partial charge is 0.333 e. The first-order chi connectivity index (χ1) is 15.7. The molecule has 2 amide bonds. The van der Waals surface area contributed by atoms with E-state index in [1.165, 1.54) is 0 Å². The molecule has 1 aliphatic rings. The zero-order valence-corrected chi connectivity index (χ0v) is 18.2. The fraction of sp³-hybridized carbons (Fsp3) is 0.160. The van der Waals surface area contributed by atoms with E-state index in [1.54, 1.807) is 16.7 Å². The number of hydrogen-bond donors (Lipinski definition) is 2. The number of para-hydroxylation sites is 2. The summed E-state index contributed by atoms with van der Waals surface area (Å²) in [7, 11) is 0. The van der Waals surface area contributed by atoms with Crippen LogP contribution < -0.4 is 10.2 Å². The number of amides is 2. The van der Waals surface area contributed by atoms with Gasteiger partial charge in [0.05, 0.1) is 11.0 Å². The molecule has 0 radical (unpaired) electrons. The molecule has 1 aromatic heterocycles. The third-order valence-corrected chi connectivity index (χ3v) is 6.41. The Morgan fingerprint density at radius 2 is 1.81 bits per heavy atom. The van der Waals surface area contributed by atoms with Crippen molar-refractivity contribution in [2.24, 2.45) is 0 Å². The lowest BCUT2D eigenvalue weighted by Crippen LogP contribution is -2.23. The number of thioether (sulfide) groups is 1. The van der Waals surface area contributed by atoms with Crippen molar-refractivity contribution in [2.45, 2.75) is 23.8 Å². The van der Waals surface area contributed by atoms with Crippen molar-refractivity contribution in [1.29, 1.82) is 0 Å². The first kappa shape index (κ1) is 20.3. The number of aromatic nitrogens is 2. The van der Waals surface area contributed by atoms with Gasteiger partial charge in [0.15, 0.2) is 5.16 Å². The fourth-order valence-corrected chi connectivity index (χ4v) is 4.59. The first-order valence-corrected chi connectivity index (χ1v) is 11.5. The van der Waals surface area contributed by atoms with Crippen molar-refractivity contribution in [3.8, 4) is 0 Å². The van der Waals surface area contributed by atoms with Crippen LogP contribution in [0.5, 0.6) is 0 Å². The van der Waals surface area contributed by atoms with Gasteiger partial charge in [-0.25, -0.2) is 4.98 Å². The predicted octanol–water partition coefficient (Wildman–Crippen LogP) is 5.23. The molecule has 160 valence electrons. The Hall–Kier alpha value is -3.58. The highest BCUT2D eigenvalue weighted by molar-refractivity contribution is 7.98. The van der Waals surface area contributed by atoms with Crippen LogP contribution in [-0.2, 0) is 10.5 Å². The number of nitrogens with zero attached hydrogens (tertiary/aromatic N) is 2. The summed E-state index contributed by atoms with van der Waals surface area (Å²) in [5, 5.41) is 3.80. The molecule has 0 bridgehead atoms. The van der Waals surface area contributed by atoms with Crippen molar-refractivity contribution in [3.63, 3.8) is 0 Å². The van der Waals surface area contributed by atoms with Gasteiger partial charge >= 0.3 is 0 Å². The minimum Gasteiger partial charge on any atom is -0.333 e. The molecule has 3 aromatic carbocycles. The van der Waals surface area contributed by atoms with Crippen LogP contribution in [0, 0.1) is 0 Å². The lowest BCUT2D eigenvalue weighted by Gasteiger charge is -2.16. The van der Waals surface area contributed by atoms with E-state index in [1.807, 2.05) is 72.8 Å². The minimum absolute atomic E-state index is 0.153. The van der Waals surface area contributed by atoms with Gasteiger partial charge in [0.2, 0.25) is 5.91 Å². The molecule has 5 rings (SSSR count). The summed E-state index contributed by atoms with van der Waals surface area (Å²) in [6.07, 6.45) is 1.50. The lowest BCUT2D eigenvalue weighted by molar-refractivity contribution is -0.117. The fourth-order valence-electron chi connectivity index (χ4n) is 3.75. The summed E-state index contributed by atoms with van der Waals surface area (Å²) in [6.45, 7) is 0.755. The number of carbonyl (C=O) groups is 2. The SMILES string of the molecule is O=C(Nc1ccc(N2CCCC2=O)cc1)c1ccc(CSc2nc3ccccc3[nH]2)cc1. The van der Waals surface area contributed by atoms with Crippen LogP contribution in [0.2, 0.25) is 0 Å². The number of anilines is 2. The molecule has 0 unspecified atom stereocenters. The van der Waals surface area contributed by atoms with E-state index in [0.717, 1.165) is 46.2 Å². The molecule has 6 nitrogen and oxygen atoms in total. The zero-order valence-electron chi connectivity index (χ0n) is 17.4. The Kier molecular flexibility index (Phi) is 5.64. The second-order valence-electron chi connectivity index (χ2n) is 7.69. The number of imidazole rings is 1. The van der Waals surface area contributed by atoms with Gasteiger partial charge in [0.1, 0.15) is 0 Å². The van der Waals surface area contributed by atoms with Crippen LogP contribution in [0.15, 0.2) is 78.0 Å². The molecule has 1 saturated heterocycles. The van der Waals surface area contributed by atoms with Gasteiger partial charge in [-0.2, -0.15) is 0 Å². The molecule has 0 saturated carbocycles. The summed E-state index contributed by atoms with van der Waals surface area (Å²) < 4.78 is 0. The number of fused-ring (bicyclic) bond motifs is 1. The van der Waals surface area contributed by atoms with Crippen LogP contribution in [0.4, 0.5) is 11.4 Å². The second kappa shape index (κ2) is 8.88. The summed E-state index contributed by atoms with van der Waals surface area (Å²) >= 11 is 1.63. The van der Waals surface area contributed by atoms with Crippen LogP contribution >= 0.6 is 11.8 Å². The van der Waals surface area contributed by atoms with E-state index in [-0.39, 0.29) is 11.8 Å². The first-order valence-electron chi connectivity index (χ1n) is 10.5. The van der Waals surface area contributed by atoms with E-state index in [2.05, 4.69) is 15.3 Å². The smallest absolute Gasteiger partial charge is 0.255 e. The van der Waals surface area contributed by atoms with E-state index in [4.69, 9.17) is 0 Å². The number of hydrogen-bond acceptors (Lipinski definition) is 4. The maximum Gasteiger partial charge on any atom is 0.255 e. The van der Waals surface area contributed by atoms with Gasteiger partial charge in [0.25, 0.3) is 5.91 Å². The summed E-state index contributed by atoms with van der Waals surface area (Å²) in [6, 6.07) is 23.0. The molecular formula is C25H22N4O2S. The Morgan fingerprint density at radius 3 is 2.53 bits per heavy atom. The molecule has 0 spiro atoms. The Bertz CT molecular complexity index is 1230. The summed E-state index contributed by atoms with van der Waals surface area (Å²) in [5.41, 5.74) is 5.28. The number of carbonyl (C=O) groups excluding carboxylic acids is 2. The Labute approximate surface area is 190 Å². The van der Waals surface area contributed by atoms with Crippen molar-refractivity contribution in [3.05, 3.63) is 83.9 Å². The lowest BCUT2D eigenvalue weighted by atomic mass is 10.1. The summed E-state index contributed by atoms with van der Waals surface area (Å²) in [4.78, 5) is 34.1. The molecule has 0 aliphatic carbocycles. The molecule has 4 aromatic rings. The van der Waals surface area contributed by atoms with Gasteiger partial charge < -0.3 is 15.2 Å². The topological polar surface area (TPSA) is 78.1 Å². The minimum atomic E-state index is -0.161. The van der Waals surface area contributed by atoms with Crippen LogP contribution in [0.25, 0.3) is 11.0 Å². The molecule has 2 heterocycles. The van der Waals surface area contributed by atoms with Crippen molar-refractivity contribution in [1.82, 2.24) is 9.97 Å². The second-order valence-corrected chi connectivity index (χ2v) is 8.66. The summed E-state index contributed by atoms with van der Waals surface area (Å²) in [5.74, 6) is 0.755. The average Bonchev–Trinajstić information content (AvgIpc) is 3.44. The maximum absolute atomic E-state index is 12.6. The van der Waals surface area contributed by atoms with E-state index in [9.17, 15) is 9.59 Å². The zero-order chi connectivity index (χ0) is 21.9. The Balaban J connectivity index is 1.18. The highest BCUT2D eigenvalue weighted by Gasteiger charge is 2.21. The van der Waals surface area contributed by atoms with E-state index < -0.39 is 0 Å². The van der Waals surface area contributed by atoms with Gasteiger partial charge in [-0.3, -0.25) is 9.59 Å². The Morgan fingerprint density at radius 1 is 1.03 bits per heavy atom. The molecule has 2 N–H and O–H groups in total. The molecular weight excluding hydrogens is 420 g/mol. The van der Waals surface area contributed by atoms with Crippen LogP contribution in [0.3, 0.4) is 0 Å². The molecule has 7 heteroatoms. The molecule has 1 aliphatic heterocycles. The highest BCUT2D eigenvalue weighted by Crippen LogP contribution is 2.25. The number of rotatable bonds is 6. The standard InChI is InChI=1S/C25H22N4O2S/c30-23-6-3-15-29(23)20-13-11-19(12-14-20)26-24(31)18-9-7-17(8-10-18)16-32-25-27-21-4-1-2-5-22(21)28-25/h1-2,4-5,7-14H,3,6,15-16H2,(H,26,31)(H,27,28). The van der Waals surface area contributed by atoms with E-state index in [0.29, 0.717) is 17.7 Å². The van der Waals surface area contributed by atoms with Crippen LogP contribution in [-0.4, -0.2) is 28.3 Å². The normalized spacial score (nSPS) is 13.6. The van der Waals surface area contributed by atoms with Crippen molar-refractivity contribution >= 4 is 46.0 Å². The predicted molar refractivity (Wildman–Crippen MR) is 128 cm³/mol. The van der Waals surface area contributed by atoms with Crippen molar-refractivity contribution in [2.75, 3.05) is 16.8 Å². The average molecular weight is 443 g/mol. The number of benzene rings is 3. The molecule has 1 fully saturated rings. The number of nitrogens with one attached hydrogen (secondary N) is 2. The van der Waals surface area contributed by atoms with E-state index >= 15 is 0 Å². The quantitative estimate of drug-likeness (QED) is 0.401. The van der Waals surface area contributed by atoms with Gasteiger partial charge in [-0.1, -0.05) is 36.0 Å². The highest BCUT2D eigenvalue weighted by atomic mass is 32.2. The van der Waals surface area contributed by atoms with Gasteiger partial charge in [-0.15, -0.1) is 0 Å². The third-order valence-electron chi connectivity index (χ3n) is 5.47. The van der Waals surface area contributed by atoms with Crippen LogP contribution in [0.1, 0.15) is 28.8 Å². The monoisotopic (exact) mass is 442 g/mol. The molecule has 0 atom stereocenters. The number of aromatic amines is 1. The van der Waals surface area contributed by atoms with Gasteiger partial charge in [-0.05, 0) is 60.5 Å². The molecule has 32 heavy (non-hydrogen) atoms. The maximum atomic E-state index is 12.6.